The number of nitrogens with one attached hydrogen (secondary N) is 1. The van der Waals surface area contributed by atoms with Crippen molar-refractivity contribution in [1.82, 2.24) is 5.32 Å². The van der Waals surface area contributed by atoms with Crippen LogP contribution in [0.3, 0.4) is 0 Å². The molecule has 1 saturated carbocycles. The van der Waals surface area contributed by atoms with Crippen LogP contribution in [-0.4, -0.2) is 23.0 Å². The molecule has 1 amide bonds. The lowest BCUT2D eigenvalue weighted by atomic mass is 9.86. The fourth-order valence-corrected chi connectivity index (χ4v) is 2.79. The number of carbonyl (C=O) groups excluding carboxylic acids is 1. The van der Waals surface area contributed by atoms with E-state index < -0.39 is 11.9 Å². The molecule has 1 aromatic rings. The lowest BCUT2D eigenvalue weighted by Crippen LogP contribution is -2.43. The zero-order valence-corrected chi connectivity index (χ0v) is 11.5. The van der Waals surface area contributed by atoms with E-state index in [0.717, 1.165) is 32.1 Å². The maximum absolute atomic E-state index is 12.2. The van der Waals surface area contributed by atoms with E-state index in [0.29, 0.717) is 12.0 Å². The first-order valence-electron chi connectivity index (χ1n) is 7.27. The van der Waals surface area contributed by atoms with Gasteiger partial charge in [-0.3, -0.25) is 9.59 Å². The van der Waals surface area contributed by atoms with Crippen LogP contribution in [0.15, 0.2) is 30.3 Å². The maximum Gasteiger partial charge on any atom is 0.308 e. The molecule has 1 aliphatic rings. The van der Waals surface area contributed by atoms with Crippen molar-refractivity contribution in [1.29, 1.82) is 0 Å². The smallest absolute Gasteiger partial charge is 0.308 e. The fraction of sp³-hybridized carbons (Fsp3) is 0.500. The molecule has 1 aliphatic carbocycles. The Morgan fingerprint density at radius 1 is 1.00 bits per heavy atom. The highest BCUT2D eigenvalue weighted by atomic mass is 16.4. The van der Waals surface area contributed by atoms with Crippen LogP contribution < -0.4 is 5.32 Å². The van der Waals surface area contributed by atoms with Crippen LogP contribution in [-0.2, 0) is 4.79 Å². The molecule has 2 rings (SSSR count). The molecule has 0 aliphatic heterocycles. The summed E-state index contributed by atoms with van der Waals surface area (Å²) in [5.74, 6) is -1.45. The molecule has 0 bridgehead atoms. The third-order valence-electron chi connectivity index (χ3n) is 3.94. The summed E-state index contributed by atoms with van der Waals surface area (Å²) in [6.45, 7) is 0. The van der Waals surface area contributed by atoms with Crippen molar-refractivity contribution >= 4 is 11.9 Å². The zero-order valence-electron chi connectivity index (χ0n) is 11.5. The molecule has 20 heavy (non-hydrogen) atoms. The van der Waals surface area contributed by atoms with E-state index in [-0.39, 0.29) is 11.9 Å². The minimum Gasteiger partial charge on any atom is -0.481 e. The molecular weight excluding hydrogens is 254 g/mol. The zero-order chi connectivity index (χ0) is 14.4. The van der Waals surface area contributed by atoms with E-state index in [1.807, 2.05) is 18.2 Å². The summed E-state index contributed by atoms with van der Waals surface area (Å²) < 4.78 is 0. The Morgan fingerprint density at radius 2 is 1.65 bits per heavy atom. The summed E-state index contributed by atoms with van der Waals surface area (Å²) in [6, 6.07) is 8.69. The Hall–Kier alpha value is -1.84. The highest BCUT2D eigenvalue weighted by Crippen LogP contribution is 2.23. The second-order valence-electron chi connectivity index (χ2n) is 5.38. The molecule has 4 nitrogen and oxygen atoms in total. The van der Waals surface area contributed by atoms with Crippen molar-refractivity contribution in [2.45, 2.75) is 44.6 Å². The van der Waals surface area contributed by atoms with Gasteiger partial charge < -0.3 is 10.4 Å². The van der Waals surface area contributed by atoms with Crippen molar-refractivity contribution in [3.63, 3.8) is 0 Å². The molecule has 0 aromatic heterocycles. The number of hydrogen-bond donors (Lipinski definition) is 2. The van der Waals surface area contributed by atoms with Gasteiger partial charge in [-0.15, -0.1) is 0 Å². The highest BCUT2D eigenvalue weighted by molar-refractivity contribution is 5.94. The molecule has 2 unspecified atom stereocenters. The van der Waals surface area contributed by atoms with Gasteiger partial charge in [0.25, 0.3) is 5.91 Å². The van der Waals surface area contributed by atoms with E-state index in [4.69, 9.17) is 0 Å². The van der Waals surface area contributed by atoms with Crippen LogP contribution in [0.2, 0.25) is 0 Å². The summed E-state index contributed by atoms with van der Waals surface area (Å²) in [7, 11) is 0. The second-order valence-corrected chi connectivity index (χ2v) is 5.38. The quantitative estimate of drug-likeness (QED) is 0.891. The molecule has 0 spiro atoms. The van der Waals surface area contributed by atoms with Crippen molar-refractivity contribution in [3.8, 4) is 0 Å². The van der Waals surface area contributed by atoms with Gasteiger partial charge in [-0.25, -0.2) is 0 Å². The van der Waals surface area contributed by atoms with Gasteiger partial charge in [0.2, 0.25) is 0 Å². The average Bonchev–Trinajstić information content (AvgIpc) is 2.42. The molecular formula is C16H21NO3. The topological polar surface area (TPSA) is 66.4 Å². The Morgan fingerprint density at radius 3 is 2.30 bits per heavy atom. The molecule has 2 atom stereocenters. The molecule has 108 valence electrons. The first-order chi connectivity index (χ1) is 9.68. The first-order valence-corrected chi connectivity index (χ1v) is 7.27. The van der Waals surface area contributed by atoms with E-state index in [2.05, 4.69) is 5.32 Å². The Balaban J connectivity index is 2.06. The number of carboxylic acid groups (broad SMARTS) is 1. The van der Waals surface area contributed by atoms with Gasteiger partial charge in [-0.2, -0.15) is 0 Å². The lowest BCUT2D eigenvalue weighted by Gasteiger charge is -2.27. The van der Waals surface area contributed by atoms with E-state index in [1.54, 1.807) is 12.1 Å². The number of hydrogen-bond acceptors (Lipinski definition) is 2. The van der Waals surface area contributed by atoms with E-state index >= 15 is 0 Å². The van der Waals surface area contributed by atoms with Gasteiger partial charge in [0, 0.05) is 11.6 Å². The minimum atomic E-state index is -0.801. The SMILES string of the molecule is O=C(NC1CCCCCCC1C(=O)O)c1ccccc1. The third-order valence-corrected chi connectivity index (χ3v) is 3.94. The average molecular weight is 275 g/mol. The van der Waals surface area contributed by atoms with Crippen LogP contribution in [0.4, 0.5) is 0 Å². The summed E-state index contributed by atoms with van der Waals surface area (Å²) in [4.78, 5) is 23.6. The van der Waals surface area contributed by atoms with E-state index in [9.17, 15) is 14.7 Å². The molecule has 0 heterocycles. The van der Waals surface area contributed by atoms with Crippen LogP contribution >= 0.6 is 0 Å². The lowest BCUT2D eigenvalue weighted by molar-refractivity contribution is -0.143. The highest BCUT2D eigenvalue weighted by Gasteiger charge is 2.29. The van der Waals surface area contributed by atoms with Gasteiger partial charge in [-0.1, -0.05) is 43.9 Å². The summed E-state index contributed by atoms with van der Waals surface area (Å²) in [5.41, 5.74) is 0.582. The van der Waals surface area contributed by atoms with Crippen LogP contribution in [0, 0.1) is 5.92 Å². The Kier molecular flexibility index (Phi) is 5.16. The van der Waals surface area contributed by atoms with Gasteiger partial charge in [-0.05, 0) is 25.0 Å². The summed E-state index contributed by atoms with van der Waals surface area (Å²) >= 11 is 0. The van der Waals surface area contributed by atoms with Gasteiger partial charge >= 0.3 is 5.97 Å². The van der Waals surface area contributed by atoms with Crippen molar-refractivity contribution < 1.29 is 14.7 Å². The van der Waals surface area contributed by atoms with Crippen LogP contribution in [0.25, 0.3) is 0 Å². The molecule has 0 saturated heterocycles. The standard InChI is InChI=1S/C16H21NO3/c18-15(12-8-4-3-5-9-12)17-14-11-7-2-1-6-10-13(14)16(19)20/h3-5,8-9,13-14H,1-2,6-7,10-11H2,(H,17,18)(H,19,20). The first kappa shape index (κ1) is 14.6. The minimum absolute atomic E-state index is 0.178. The normalized spacial score (nSPS) is 23.4. The third kappa shape index (κ3) is 3.83. The van der Waals surface area contributed by atoms with Gasteiger partial charge in [0.15, 0.2) is 0 Å². The Labute approximate surface area is 119 Å². The number of rotatable bonds is 3. The van der Waals surface area contributed by atoms with Crippen LogP contribution in [0.1, 0.15) is 48.9 Å². The monoisotopic (exact) mass is 275 g/mol. The molecule has 2 N–H and O–H groups in total. The number of benzene rings is 1. The predicted molar refractivity (Wildman–Crippen MR) is 76.5 cm³/mol. The molecule has 1 aromatic carbocycles. The summed E-state index contributed by atoms with van der Waals surface area (Å²) in [6.07, 6.45) is 5.50. The van der Waals surface area contributed by atoms with Crippen molar-refractivity contribution in [2.75, 3.05) is 0 Å². The molecule has 1 fully saturated rings. The predicted octanol–water partition coefficient (Wildman–Crippen LogP) is 2.84. The van der Waals surface area contributed by atoms with E-state index in [1.165, 1.54) is 0 Å². The largest absolute Gasteiger partial charge is 0.481 e. The van der Waals surface area contributed by atoms with Gasteiger partial charge in [0.1, 0.15) is 0 Å². The van der Waals surface area contributed by atoms with Crippen molar-refractivity contribution in [2.24, 2.45) is 5.92 Å². The number of carboxylic acids is 1. The van der Waals surface area contributed by atoms with Crippen LogP contribution in [0.5, 0.6) is 0 Å². The number of amides is 1. The van der Waals surface area contributed by atoms with Gasteiger partial charge in [0.05, 0.1) is 5.92 Å². The second kappa shape index (κ2) is 7.08. The molecule has 0 radical (unpaired) electrons. The number of carbonyl (C=O) groups is 2. The Bertz CT molecular complexity index is 458. The fourth-order valence-electron chi connectivity index (χ4n) is 2.79. The van der Waals surface area contributed by atoms with Crippen molar-refractivity contribution in [3.05, 3.63) is 35.9 Å². The maximum atomic E-state index is 12.2. The number of aliphatic carboxylic acids is 1. The summed E-state index contributed by atoms with van der Waals surface area (Å²) in [5, 5.41) is 12.3. The molecule has 4 heteroatoms.